The molecule has 2 atom stereocenters. The second-order valence-electron chi connectivity index (χ2n) is 4.51. The summed E-state index contributed by atoms with van der Waals surface area (Å²) in [5.41, 5.74) is 1.50. The minimum Gasteiger partial charge on any atom is -0.396 e. The van der Waals surface area contributed by atoms with E-state index in [9.17, 15) is 13.5 Å². The van der Waals surface area contributed by atoms with Crippen LogP contribution in [0.15, 0.2) is 35.2 Å². The number of aliphatic hydroxyl groups excluding tert-OH is 1. The van der Waals surface area contributed by atoms with Crippen molar-refractivity contribution in [2.75, 3.05) is 13.2 Å². The first kappa shape index (κ1) is 14.2. The summed E-state index contributed by atoms with van der Waals surface area (Å²) in [4.78, 5) is -0.173. The van der Waals surface area contributed by atoms with E-state index in [0.29, 0.717) is 12.2 Å². The summed E-state index contributed by atoms with van der Waals surface area (Å²) in [7, 11) is -4.25. The number of hydrogen-bond acceptors (Lipinski definition) is 4. The van der Waals surface area contributed by atoms with Gasteiger partial charge in [0.25, 0.3) is 10.1 Å². The van der Waals surface area contributed by atoms with Gasteiger partial charge in [-0.05, 0) is 30.2 Å². The molecule has 0 aliphatic carbocycles. The Balaban J connectivity index is 2.44. The summed E-state index contributed by atoms with van der Waals surface area (Å²) in [5.74, 6) is -0.347. The molecule has 2 N–H and O–H groups in total. The van der Waals surface area contributed by atoms with Crippen molar-refractivity contribution in [3.8, 4) is 0 Å². The van der Waals surface area contributed by atoms with Gasteiger partial charge >= 0.3 is 0 Å². The fraction of sp³-hybridized carbons (Fsp3) is 0.385. The zero-order valence-electron chi connectivity index (χ0n) is 10.5. The molecule has 1 heterocycles. The van der Waals surface area contributed by atoms with Crippen LogP contribution in [-0.2, 0) is 14.9 Å². The van der Waals surface area contributed by atoms with E-state index in [1.54, 1.807) is 6.07 Å². The molecule has 0 amide bonds. The first-order valence-corrected chi connectivity index (χ1v) is 7.34. The lowest BCUT2D eigenvalue weighted by atomic mass is 9.91. The number of aliphatic hydroxyl groups is 1. The second-order valence-corrected chi connectivity index (χ2v) is 5.93. The van der Waals surface area contributed by atoms with E-state index in [2.05, 4.69) is 0 Å². The summed E-state index contributed by atoms with van der Waals surface area (Å²) in [6.45, 7) is 2.15. The van der Waals surface area contributed by atoms with Gasteiger partial charge in [0.15, 0.2) is 0 Å². The molecule has 1 aromatic carbocycles. The van der Waals surface area contributed by atoms with Gasteiger partial charge < -0.3 is 9.84 Å². The lowest BCUT2D eigenvalue weighted by Crippen LogP contribution is -2.22. The van der Waals surface area contributed by atoms with Gasteiger partial charge in [-0.25, -0.2) is 0 Å². The fourth-order valence-electron chi connectivity index (χ4n) is 2.22. The van der Waals surface area contributed by atoms with Gasteiger partial charge in [-0.2, -0.15) is 8.42 Å². The normalized spacial score (nSPS) is 20.7. The Hall–Kier alpha value is -1.21. The molecule has 0 spiro atoms. The molecule has 5 nitrogen and oxygen atoms in total. The molecule has 1 unspecified atom stereocenters. The Labute approximate surface area is 112 Å². The molecule has 1 aliphatic heterocycles. The monoisotopic (exact) mass is 284 g/mol. The van der Waals surface area contributed by atoms with Crippen LogP contribution in [0.5, 0.6) is 0 Å². The van der Waals surface area contributed by atoms with Crippen molar-refractivity contribution < 1.29 is 22.8 Å². The van der Waals surface area contributed by atoms with Crippen LogP contribution in [0.3, 0.4) is 0 Å². The minimum absolute atomic E-state index is 0.162. The highest BCUT2D eigenvalue weighted by Crippen LogP contribution is 2.29. The molecular weight excluding hydrogens is 268 g/mol. The van der Waals surface area contributed by atoms with Crippen molar-refractivity contribution >= 4 is 10.1 Å². The molecule has 0 bridgehead atoms. The third-order valence-corrected chi connectivity index (χ3v) is 4.10. The van der Waals surface area contributed by atoms with Crippen LogP contribution in [0, 0.1) is 6.92 Å². The van der Waals surface area contributed by atoms with Crippen LogP contribution in [-0.4, -0.2) is 37.4 Å². The molecule has 104 valence electrons. The van der Waals surface area contributed by atoms with Crippen molar-refractivity contribution in [2.45, 2.75) is 23.8 Å². The van der Waals surface area contributed by atoms with E-state index < -0.39 is 10.1 Å². The highest BCUT2D eigenvalue weighted by molar-refractivity contribution is 7.85. The first-order chi connectivity index (χ1) is 8.93. The van der Waals surface area contributed by atoms with Crippen molar-refractivity contribution in [3.05, 3.63) is 41.5 Å². The van der Waals surface area contributed by atoms with Gasteiger partial charge in [0.2, 0.25) is 0 Å². The topological polar surface area (TPSA) is 83.8 Å². The smallest absolute Gasteiger partial charge is 0.294 e. The summed E-state index contributed by atoms with van der Waals surface area (Å²) in [6.07, 6.45) is 3.43. The Bertz CT molecular complexity index is 591. The predicted molar refractivity (Wildman–Crippen MR) is 69.7 cm³/mol. The van der Waals surface area contributed by atoms with Crippen LogP contribution < -0.4 is 0 Å². The van der Waals surface area contributed by atoms with Gasteiger partial charge in [-0.15, -0.1) is 0 Å². The second kappa shape index (κ2) is 5.42. The molecule has 1 aromatic rings. The lowest BCUT2D eigenvalue weighted by molar-refractivity contribution is 0.0827. The van der Waals surface area contributed by atoms with Crippen LogP contribution in [0.4, 0.5) is 0 Å². The standard InChI is InChI=1S/C13H16O5S/c1-9-4-5-10(19(15,16)17)7-11(9)12(8-14)13-3-2-6-18-13/h2-5,7,12-14H,6,8H2,1H3,(H,15,16,17)/t12?,13-/m0/s1. The molecule has 19 heavy (non-hydrogen) atoms. The molecule has 0 saturated heterocycles. The summed E-state index contributed by atoms with van der Waals surface area (Å²) in [6, 6.07) is 4.34. The molecule has 1 aliphatic rings. The molecule has 0 aromatic heterocycles. The average molecular weight is 284 g/mol. The van der Waals surface area contributed by atoms with Crippen molar-refractivity contribution in [2.24, 2.45) is 0 Å². The molecule has 0 fully saturated rings. The van der Waals surface area contributed by atoms with Crippen LogP contribution >= 0.6 is 0 Å². The van der Waals surface area contributed by atoms with E-state index in [4.69, 9.17) is 9.29 Å². The average Bonchev–Trinajstić information content (AvgIpc) is 2.84. The Kier molecular flexibility index (Phi) is 4.05. The number of aryl methyl sites for hydroxylation is 1. The first-order valence-electron chi connectivity index (χ1n) is 5.90. The highest BCUT2D eigenvalue weighted by Gasteiger charge is 2.26. The van der Waals surface area contributed by atoms with Gasteiger partial charge in [-0.3, -0.25) is 4.55 Å². The number of rotatable bonds is 4. The zero-order chi connectivity index (χ0) is 14.0. The van der Waals surface area contributed by atoms with E-state index in [0.717, 1.165) is 5.56 Å². The third-order valence-electron chi connectivity index (χ3n) is 3.25. The minimum atomic E-state index is -4.25. The van der Waals surface area contributed by atoms with Gasteiger partial charge in [0.1, 0.15) is 0 Å². The molecule has 0 radical (unpaired) electrons. The van der Waals surface area contributed by atoms with Crippen LogP contribution in [0.1, 0.15) is 17.0 Å². The van der Waals surface area contributed by atoms with Gasteiger partial charge in [0.05, 0.1) is 24.2 Å². The molecular formula is C13H16O5S. The predicted octanol–water partition coefficient (Wildman–Crippen LogP) is 1.27. The fourth-order valence-corrected chi connectivity index (χ4v) is 2.74. The third kappa shape index (κ3) is 3.03. The van der Waals surface area contributed by atoms with E-state index >= 15 is 0 Å². The summed E-state index contributed by atoms with van der Waals surface area (Å²) in [5, 5.41) is 9.53. The maximum Gasteiger partial charge on any atom is 0.294 e. The van der Waals surface area contributed by atoms with Crippen LogP contribution in [0.2, 0.25) is 0 Å². The van der Waals surface area contributed by atoms with E-state index in [-0.39, 0.29) is 23.5 Å². The van der Waals surface area contributed by atoms with E-state index in [1.165, 1.54) is 12.1 Å². The maximum atomic E-state index is 11.2. The maximum absolute atomic E-state index is 11.2. The largest absolute Gasteiger partial charge is 0.396 e. The van der Waals surface area contributed by atoms with Crippen molar-refractivity contribution in [1.29, 1.82) is 0 Å². The Morgan fingerprint density at radius 3 is 2.74 bits per heavy atom. The number of hydrogen-bond donors (Lipinski definition) is 2. The molecule has 0 saturated carbocycles. The quantitative estimate of drug-likeness (QED) is 0.642. The highest BCUT2D eigenvalue weighted by atomic mass is 32.2. The zero-order valence-corrected chi connectivity index (χ0v) is 11.3. The van der Waals surface area contributed by atoms with Gasteiger partial charge in [-0.1, -0.05) is 18.2 Å². The number of benzene rings is 1. The number of ether oxygens (including phenoxy) is 1. The van der Waals surface area contributed by atoms with Crippen LogP contribution in [0.25, 0.3) is 0 Å². The Morgan fingerprint density at radius 2 is 2.21 bits per heavy atom. The van der Waals surface area contributed by atoms with Gasteiger partial charge in [0, 0.05) is 5.92 Å². The SMILES string of the molecule is Cc1ccc(S(=O)(=O)O)cc1C(CO)[C@@H]1C=CCO1. The van der Waals surface area contributed by atoms with Crippen molar-refractivity contribution in [1.82, 2.24) is 0 Å². The molecule has 2 rings (SSSR count). The lowest BCUT2D eigenvalue weighted by Gasteiger charge is -2.22. The molecule has 6 heteroatoms. The van der Waals surface area contributed by atoms with Crippen molar-refractivity contribution in [3.63, 3.8) is 0 Å². The Morgan fingerprint density at radius 1 is 1.47 bits per heavy atom. The van der Waals surface area contributed by atoms with E-state index in [1.807, 2.05) is 19.1 Å². The summed E-state index contributed by atoms with van der Waals surface area (Å²) < 4.78 is 36.9. The summed E-state index contributed by atoms with van der Waals surface area (Å²) >= 11 is 0.